The van der Waals surface area contributed by atoms with Gasteiger partial charge in [0.15, 0.2) is 0 Å². The fourth-order valence-corrected chi connectivity index (χ4v) is 3.77. The number of aliphatic carboxylic acids is 1. The molecule has 28 heavy (non-hydrogen) atoms. The quantitative estimate of drug-likeness (QED) is 0.170. The molecule has 0 heterocycles. The molecule has 0 radical (unpaired) electrons. The van der Waals surface area contributed by atoms with Crippen LogP contribution in [0.4, 0.5) is 0 Å². The second kappa shape index (κ2) is 17.4. The molecule has 0 bridgehead atoms. The topological polar surface area (TPSA) is 139 Å². The van der Waals surface area contributed by atoms with Crippen molar-refractivity contribution in [2.24, 2.45) is 11.7 Å². The Morgan fingerprint density at radius 3 is 2.04 bits per heavy atom. The monoisotopic (exact) mass is 425 g/mol. The Labute approximate surface area is 169 Å². The van der Waals surface area contributed by atoms with Crippen molar-refractivity contribution in [3.8, 4) is 0 Å². The summed E-state index contributed by atoms with van der Waals surface area (Å²) in [4.78, 5) is 20.7. The summed E-state index contributed by atoms with van der Waals surface area (Å²) < 4.78 is 20.7. The SMILES string of the molecule is CCCCCCCCCCCCC(CC(O)COP(=O)(O)OCCN)C(=O)O. The van der Waals surface area contributed by atoms with Crippen LogP contribution in [-0.2, 0) is 18.4 Å². The van der Waals surface area contributed by atoms with Crippen LogP contribution >= 0.6 is 7.82 Å². The van der Waals surface area contributed by atoms with Crippen molar-refractivity contribution < 1.29 is 33.5 Å². The zero-order valence-corrected chi connectivity index (χ0v) is 18.2. The van der Waals surface area contributed by atoms with Gasteiger partial charge >= 0.3 is 13.8 Å². The number of unbranched alkanes of at least 4 members (excludes halogenated alkanes) is 9. The molecule has 0 fully saturated rings. The van der Waals surface area contributed by atoms with Crippen molar-refractivity contribution in [2.45, 2.75) is 90.1 Å². The fraction of sp³-hybridized carbons (Fsp3) is 0.947. The van der Waals surface area contributed by atoms with Crippen LogP contribution < -0.4 is 5.73 Å². The highest BCUT2D eigenvalue weighted by Crippen LogP contribution is 2.43. The largest absolute Gasteiger partial charge is 0.481 e. The molecule has 0 aromatic heterocycles. The average Bonchev–Trinajstić information content (AvgIpc) is 2.65. The Morgan fingerprint density at radius 1 is 1.00 bits per heavy atom. The van der Waals surface area contributed by atoms with Crippen LogP contribution in [0.2, 0.25) is 0 Å². The van der Waals surface area contributed by atoms with Crippen molar-refractivity contribution in [1.29, 1.82) is 0 Å². The molecule has 0 aromatic rings. The zero-order chi connectivity index (χ0) is 21.3. The number of carboxylic acid groups (broad SMARTS) is 1. The van der Waals surface area contributed by atoms with Gasteiger partial charge in [-0.25, -0.2) is 4.57 Å². The number of carboxylic acids is 1. The maximum Gasteiger partial charge on any atom is 0.472 e. The fourth-order valence-electron chi connectivity index (χ4n) is 3.00. The molecule has 8 nitrogen and oxygen atoms in total. The Hall–Kier alpha value is -0.500. The van der Waals surface area contributed by atoms with Crippen LogP contribution in [0.25, 0.3) is 0 Å². The van der Waals surface area contributed by atoms with E-state index in [1.54, 1.807) is 0 Å². The first-order chi connectivity index (χ1) is 13.3. The normalized spacial score (nSPS) is 15.9. The molecule has 0 saturated carbocycles. The Balaban J connectivity index is 3.91. The van der Waals surface area contributed by atoms with E-state index >= 15 is 0 Å². The number of phosphoric acid groups is 1. The lowest BCUT2D eigenvalue weighted by Gasteiger charge is -2.18. The first kappa shape index (κ1) is 27.5. The maximum absolute atomic E-state index is 11.5. The lowest BCUT2D eigenvalue weighted by Crippen LogP contribution is -2.24. The summed E-state index contributed by atoms with van der Waals surface area (Å²) in [5.74, 6) is -1.67. The van der Waals surface area contributed by atoms with Gasteiger partial charge in [0.05, 0.1) is 25.2 Å². The molecule has 0 aromatic carbocycles. The average molecular weight is 426 g/mol. The second-order valence-corrected chi connectivity index (χ2v) is 8.74. The number of aliphatic hydroxyl groups is 1. The van der Waals surface area contributed by atoms with E-state index in [1.165, 1.54) is 44.9 Å². The molecule has 0 amide bonds. The minimum atomic E-state index is -4.26. The summed E-state index contributed by atoms with van der Waals surface area (Å²) in [5, 5.41) is 19.2. The molecule has 3 atom stereocenters. The van der Waals surface area contributed by atoms with Gasteiger partial charge < -0.3 is 20.8 Å². The Bertz CT molecular complexity index is 437. The molecule has 0 aliphatic carbocycles. The summed E-state index contributed by atoms with van der Waals surface area (Å²) >= 11 is 0. The lowest BCUT2D eigenvalue weighted by atomic mass is 9.94. The van der Waals surface area contributed by atoms with E-state index in [4.69, 9.17) is 5.73 Å². The summed E-state index contributed by atoms with van der Waals surface area (Å²) in [5.41, 5.74) is 5.17. The summed E-state index contributed by atoms with van der Waals surface area (Å²) in [6, 6.07) is 0. The lowest BCUT2D eigenvalue weighted by molar-refractivity contribution is -0.143. The highest BCUT2D eigenvalue weighted by atomic mass is 31.2. The van der Waals surface area contributed by atoms with Crippen LogP contribution in [0.15, 0.2) is 0 Å². The van der Waals surface area contributed by atoms with Crippen LogP contribution in [0, 0.1) is 5.92 Å². The molecule has 0 saturated heterocycles. The van der Waals surface area contributed by atoms with Crippen LogP contribution in [0.1, 0.15) is 84.0 Å². The Kier molecular flexibility index (Phi) is 17.1. The van der Waals surface area contributed by atoms with E-state index in [0.29, 0.717) is 6.42 Å². The van der Waals surface area contributed by atoms with Crippen molar-refractivity contribution >= 4 is 13.8 Å². The molecule has 0 rings (SSSR count). The number of nitrogens with two attached hydrogens (primary N) is 1. The van der Waals surface area contributed by atoms with E-state index in [9.17, 15) is 24.5 Å². The smallest absolute Gasteiger partial charge is 0.472 e. The number of rotatable bonds is 20. The zero-order valence-electron chi connectivity index (χ0n) is 17.3. The maximum atomic E-state index is 11.5. The first-order valence-corrected chi connectivity index (χ1v) is 12.0. The standard InChI is InChI=1S/C19H40NO7P/c1-2-3-4-5-6-7-8-9-10-11-12-17(19(22)23)15-18(21)16-27-28(24,25)26-14-13-20/h17-18,21H,2-16,20H2,1H3,(H,22,23)(H,24,25). The van der Waals surface area contributed by atoms with E-state index < -0.39 is 32.4 Å². The van der Waals surface area contributed by atoms with Crippen molar-refractivity contribution in [3.05, 3.63) is 0 Å². The minimum Gasteiger partial charge on any atom is -0.481 e. The van der Waals surface area contributed by atoms with Crippen molar-refractivity contribution in [1.82, 2.24) is 0 Å². The van der Waals surface area contributed by atoms with Crippen LogP contribution in [0.5, 0.6) is 0 Å². The number of hydrogen-bond donors (Lipinski definition) is 4. The van der Waals surface area contributed by atoms with Gasteiger partial charge in [0.25, 0.3) is 0 Å². The van der Waals surface area contributed by atoms with Gasteiger partial charge in [0.2, 0.25) is 0 Å². The van der Waals surface area contributed by atoms with Gasteiger partial charge in [0, 0.05) is 6.54 Å². The van der Waals surface area contributed by atoms with E-state index in [-0.39, 0.29) is 19.6 Å². The van der Waals surface area contributed by atoms with Gasteiger partial charge in [-0.05, 0) is 12.8 Å². The second-order valence-electron chi connectivity index (χ2n) is 7.28. The minimum absolute atomic E-state index is 0.0242. The molecular formula is C19H40NO7P. The van der Waals surface area contributed by atoms with E-state index in [0.717, 1.165) is 19.3 Å². The molecule has 0 spiro atoms. The summed E-state index contributed by atoms with van der Waals surface area (Å²) in [7, 11) is -4.26. The highest BCUT2D eigenvalue weighted by Gasteiger charge is 2.25. The third kappa shape index (κ3) is 16.5. The Morgan fingerprint density at radius 2 is 1.54 bits per heavy atom. The van der Waals surface area contributed by atoms with Crippen LogP contribution in [0.3, 0.4) is 0 Å². The molecule has 3 unspecified atom stereocenters. The molecule has 9 heteroatoms. The van der Waals surface area contributed by atoms with Crippen molar-refractivity contribution in [3.63, 3.8) is 0 Å². The molecule has 0 aliphatic rings. The third-order valence-electron chi connectivity index (χ3n) is 4.61. The van der Waals surface area contributed by atoms with Gasteiger partial charge in [-0.3, -0.25) is 13.8 Å². The first-order valence-electron chi connectivity index (χ1n) is 10.5. The number of carbonyl (C=O) groups is 1. The predicted octanol–water partition coefficient (Wildman–Crippen LogP) is 3.84. The predicted molar refractivity (Wildman–Crippen MR) is 109 cm³/mol. The van der Waals surface area contributed by atoms with Gasteiger partial charge in [-0.1, -0.05) is 71.1 Å². The van der Waals surface area contributed by atoms with Gasteiger partial charge in [-0.2, -0.15) is 0 Å². The molecule has 5 N–H and O–H groups in total. The van der Waals surface area contributed by atoms with Crippen molar-refractivity contribution in [2.75, 3.05) is 19.8 Å². The summed E-state index contributed by atoms with van der Waals surface area (Å²) in [6.45, 7) is 1.68. The molecule has 168 valence electrons. The van der Waals surface area contributed by atoms with Crippen LogP contribution in [-0.4, -0.2) is 46.9 Å². The molecular weight excluding hydrogens is 385 g/mol. The van der Waals surface area contributed by atoms with Gasteiger partial charge in [0.1, 0.15) is 0 Å². The highest BCUT2D eigenvalue weighted by molar-refractivity contribution is 7.47. The van der Waals surface area contributed by atoms with E-state index in [2.05, 4.69) is 16.0 Å². The number of hydrogen-bond acceptors (Lipinski definition) is 6. The van der Waals surface area contributed by atoms with E-state index in [1.807, 2.05) is 0 Å². The summed E-state index contributed by atoms with van der Waals surface area (Å²) in [6.07, 6.45) is 11.0. The van der Waals surface area contributed by atoms with Gasteiger partial charge in [-0.15, -0.1) is 0 Å². The molecule has 0 aliphatic heterocycles. The number of aliphatic hydroxyl groups excluding tert-OH is 1. The third-order valence-corrected chi connectivity index (χ3v) is 5.60. The number of phosphoric ester groups is 1.